The summed E-state index contributed by atoms with van der Waals surface area (Å²) >= 11 is 0. The predicted octanol–water partition coefficient (Wildman–Crippen LogP) is 11.7. The van der Waals surface area contributed by atoms with Gasteiger partial charge in [0, 0.05) is 5.92 Å². The maximum absolute atomic E-state index is 4.86. The Kier molecular flexibility index (Phi) is 7.71. The first-order chi connectivity index (χ1) is 20.6. The number of fused-ring (bicyclic) bond motifs is 1. The minimum absolute atomic E-state index is 0.162. The van der Waals surface area contributed by atoms with Crippen LogP contribution in [0.15, 0.2) is 164 Å². The number of allylic oxidation sites excluding steroid dienone is 6. The fraction of sp³-hybridized carbons (Fsp3) is 0.0952. The molecule has 0 saturated carbocycles. The van der Waals surface area contributed by atoms with Gasteiger partial charge in [0.25, 0.3) is 0 Å². The molecule has 1 atom stereocenters. The second-order valence-electron chi connectivity index (χ2n) is 10.8. The lowest BCUT2D eigenvalue weighted by Crippen LogP contribution is -2.07. The molecule has 0 nitrogen and oxygen atoms in total. The predicted molar refractivity (Wildman–Crippen MR) is 182 cm³/mol. The van der Waals surface area contributed by atoms with Crippen molar-refractivity contribution in [3.05, 3.63) is 186 Å². The third kappa shape index (κ3) is 4.80. The molecule has 0 spiro atoms. The summed E-state index contributed by atoms with van der Waals surface area (Å²) in [6.07, 6.45) is 3.23. The summed E-state index contributed by atoms with van der Waals surface area (Å²) in [6, 6.07) is 47.5. The van der Waals surface area contributed by atoms with E-state index in [1.54, 1.807) is 0 Å². The van der Waals surface area contributed by atoms with Crippen LogP contribution in [0, 0.1) is 0 Å². The van der Waals surface area contributed by atoms with Crippen molar-refractivity contribution in [2.75, 3.05) is 0 Å². The third-order valence-corrected chi connectivity index (χ3v) is 8.48. The normalized spacial score (nSPS) is 15.4. The Bertz CT molecular complexity index is 1800. The van der Waals surface area contributed by atoms with Crippen molar-refractivity contribution in [3.63, 3.8) is 0 Å². The zero-order valence-electron chi connectivity index (χ0n) is 24.5. The van der Waals surface area contributed by atoms with Crippen molar-refractivity contribution in [1.82, 2.24) is 0 Å². The molecule has 6 rings (SSSR count). The maximum Gasteiger partial charge on any atom is 0.00990 e. The molecule has 0 radical (unpaired) electrons. The molecule has 0 bridgehead atoms. The fourth-order valence-electron chi connectivity index (χ4n) is 6.54. The first-order valence-electron chi connectivity index (χ1n) is 14.8. The molecule has 1 aliphatic carbocycles. The minimum atomic E-state index is 0.162. The van der Waals surface area contributed by atoms with Gasteiger partial charge in [0.05, 0.1) is 0 Å². The molecule has 204 valence electrons. The summed E-state index contributed by atoms with van der Waals surface area (Å²) in [5.74, 6) is 0.162. The van der Waals surface area contributed by atoms with Gasteiger partial charge in [0.15, 0.2) is 0 Å². The molecule has 0 heteroatoms. The van der Waals surface area contributed by atoms with E-state index in [1.807, 2.05) is 0 Å². The highest BCUT2D eigenvalue weighted by molar-refractivity contribution is 6.16. The van der Waals surface area contributed by atoms with Gasteiger partial charge < -0.3 is 0 Å². The van der Waals surface area contributed by atoms with Crippen LogP contribution in [-0.2, 0) is 0 Å². The first kappa shape index (κ1) is 27.2. The molecule has 0 aliphatic heterocycles. The van der Waals surface area contributed by atoms with Gasteiger partial charge in [0.1, 0.15) is 0 Å². The average molecular weight is 541 g/mol. The van der Waals surface area contributed by atoms with E-state index in [4.69, 9.17) is 13.2 Å². The molecule has 0 heterocycles. The first-order valence-corrected chi connectivity index (χ1v) is 14.8. The Morgan fingerprint density at radius 1 is 0.643 bits per heavy atom. The summed E-state index contributed by atoms with van der Waals surface area (Å²) < 4.78 is 0. The Balaban J connectivity index is 1.70. The van der Waals surface area contributed by atoms with Crippen molar-refractivity contribution < 1.29 is 0 Å². The maximum atomic E-state index is 4.86. The molecule has 0 N–H and O–H groups in total. The summed E-state index contributed by atoms with van der Waals surface area (Å²) in [4.78, 5) is 0. The van der Waals surface area contributed by atoms with Crippen molar-refractivity contribution in [3.8, 4) is 22.3 Å². The Hall–Kier alpha value is -4.94. The van der Waals surface area contributed by atoms with E-state index in [9.17, 15) is 0 Å². The van der Waals surface area contributed by atoms with Crippen molar-refractivity contribution >= 4 is 16.7 Å². The Labute approximate surface area is 250 Å². The highest BCUT2D eigenvalue weighted by Crippen LogP contribution is 2.56. The van der Waals surface area contributed by atoms with Crippen molar-refractivity contribution in [2.45, 2.75) is 26.2 Å². The van der Waals surface area contributed by atoms with Gasteiger partial charge in [-0.3, -0.25) is 0 Å². The minimum Gasteiger partial charge on any atom is -0.0908 e. The number of rotatable bonds is 7. The fourth-order valence-corrected chi connectivity index (χ4v) is 6.54. The van der Waals surface area contributed by atoms with Crippen LogP contribution in [0.25, 0.3) is 39.0 Å². The molecule has 5 aromatic carbocycles. The Morgan fingerprint density at radius 2 is 1.12 bits per heavy atom. The van der Waals surface area contributed by atoms with Crippen LogP contribution in [0.3, 0.4) is 0 Å². The summed E-state index contributed by atoms with van der Waals surface area (Å²) in [7, 11) is 0. The van der Waals surface area contributed by atoms with E-state index in [0.717, 1.165) is 23.1 Å². The van der Waals surface area contributed by atoms with Gasteiger partial charge in [-0.15, -0.1) is 0 Å². The molecule has 1 aliphatic rings. The van der Waals surface area contributed by atoms with Crippen LogP contribution in [0.5, 0.6) is 0 Å². The second kappa shape index (κ2) is 11.9. The number of benzene rings is 5. The van der Waals surface area contributed by atoms with Crippen LogP contribution in [0.4, 0.5) is 0 Å². The lowest BCUT2D eigenvalue weighted by molar-refractivity contribution is 0.778. The monoisotopic (exact) mass is 540 g/mol. The van der Waals surface area contributed by atoms with Gasteiger partial charge in [0.2, 0.25) is 0 Å². The summed E-state index contributed by atoms with van der Waals surface area (Å²) in [5.41, 5.74) is 15.6. The average Bonchev–Trinajstić information content (AvgIpc) is 3.36. The molecule has 0 amide bonds. The topological polar surface area (TPSA) is 0 Å². The smallest absolute Gasteiger partial charge is 0.00990 e. The standard InChI is InChI=1S/C42H36/c1-5-35(32-21-13-8-14-22-32)39(29(3)31-19-11-7-12-20-31)40-30(4)41-37(33-23-15-9-16-24-33)27-28-38(42(41)36(40)6-2)34-25-17-10-18-26-34/h6-28,35H,3-5H2,1-2H3/b36-6+,40-39+. The largest absolute Gasteiger partial charge is 0.0908 e. The third-order valence-electron chi connectivity index (χ3n) is 8.48. The SMILES string of the molecule is C=C(/C(=C1/C(=C)c2c(-c3ccccc3)ccc(-c3ccccc3)c2/C1=C/C)C(CC)c1ccccc1)c1ccccc1. The summed E-state index contributed by atoms with van der Waals surface area (Å²) in [5, 5.41) is 0. The van der Waals surface area contributed by atoms with Gasteiger partial charge in [-0.25, -0.2) is 0 Å². The Morgan fingerprint density at radius 3 is 1.62 bits per heavy atom. The highest BCUT2D eigenvalue weighted by Gasteiger charge is 2.35. The molecule has 0 fully saturated rings. The molecule has 0 saturated heterocycles. The quantitative estimate of drug-likeness (QED) is 0.193. The van der Waals surface area contributed by atoms with Crippen LogP contribution in [0.2, 0.25) is 0 Å². The molecular formula is C42H36. The van der Waals surface area contributed by atoms with Crippen LogP contribution >= 0.6 is 0 Å². The van der Waals surface area contributed by atoms with Crippen molar-refractivity contribution in [1.29, 1.82) is 0 Å². The molecule has 0 aromatic heterocycles. The van der Waals surface area contributed by atoms with Gasteiger partial charge in [-0.1, -0.05) is 160 Å². The van der Waals surface area contributed by atoms with Crippen LogP contribution in [0.1, 0.15) is 48.4 Å². The molecular weight excluding hydrogens is 504 g/mol. The second-order valence-corrected chi connectivity index (χ2v) is 10.8. The molecule has 5 aromatic rings. The van der Waals surface area contributed by atoms with E-state index < -0.39 is 0 Å². The van der Waals surface area contributed by atoms with E-state index >= 15 is 0 Å². The van der Waals surface area contributed by atoms with Gasteiger partial charge in [-0.05, 0) is 85.7 Å². The van der Waals surface area contributed by atoms with Crippen LogP contribution in [-0.4, -0.2) is 0 Å². The van der Waals surface area contributed by atoms with Crippen LogP contribution < -0.4 is 0 Å². The molecule has 1 unspecified atom stereocenters. The van der Waals surface area contributed by atoms with E-state index in [2.05, 4.69) is 153 Å². The highest BCUT2D eigenvalue weighted by atomic mass is 14.4. The number of hydrogen-bond acceptors (Lipinski definition) is 0. The lowest BCUT2D eigenvalue weighted by Gasteiger charge is -2.26. The molecule has 42 heavy (non-hydrogen) atoms. The summed E-state index contributed by atoms with van der Waals surface area (Å²) in [6.45, 7) is 14.1. The zero-order valence-corrected chi connectivity index (χ0v) is 24.5. The number of hydrogen-bond donors (Lipinski definition) is 0. The van der Waals surface area contributed by atoms with Gasteiger partial charge >= 0.3 is 0 Å². The van der Waals surface area contributed by atoms with Crippen molar-refractivity contribution in [2.24, 2.45) is 0 Å². The zero-order chi connectivity index (χ0) is 29.1. The van der Waals surface area contributed by atoms with Gasteiger partial charge in [-0.2, -0.15) is 0 Å². The van der Waals surface area contributed by atoms with E-state index in [-0.39, 0.29) is 5.92 Å². The van der Waals surface area contributed by atoms with E-state index in [0.29, 0.717) is 0 Å². The van der Waals surface area contributed by atoms with E-state index in [1.165, 1.54) is 55.7 Å². The lowest BCUT2D eigenvalue weighted by atomic mass is 9.78.